The van der Waals surface area contributed by atoms with Gasteiger partial charge < -0.3 is 10.1 Å². The lowest BCUT2D eigenvalue weighted by Gasteiger charge is -2.36. The summed E-state index contributed by atoms with van der Waals surface area (Å²) in [6, 6.07) is -0.440. The van der Waals surface area contributed by atoms with E-state index in [1.54, 1.807) is 0 Å². The quantitative estimate of drug-likeness (QED) is 0.862. The summed E-state index contributed by atoms with van der Waals surface area (Å²) in [7, 11) is 0. The molecule has 3 nitrogen and oxygen atoms in total. The van der Waals surface area contributed by atoms with Crippen LogP contribution in [0.1, 0.15) is 32.6 Å². The van der Waals surface area contributed by atoms with Crippen LogP contribution in [0.15, 0.2) is 0 Å². The van der Waals surface area contributed by atoms with Crippen molar-refractivity contribution in [2.45, 2.75) is 50.9 Å². The maximum atomic E-state index is 13.0. The Kier molecular flexibility index (Phi) is 5.69. The molecule has 0 aromatic heterocycles. The molecule has 0 radical (unpaired) electrons. The number of hydrogen-bond acceptors (Lipinski definition) is 3. The average molecular weight is 294 g/mol. The highest BCUT2D eigenvalue weighted by atomic mass is 19.4. The Morgan fingerprint density at radius 1 is 1.25 bits per heavy atom. The van der Waals surface area contributed by atoms with Crippen molar-refractivity contribution in [1.29, 1.82) is 0 Å². The molecule has 1 aliphatic carbocycles. The van der Waals surface area contributed by atoms with E-state index >= 15 is 0 Å². The first-order valence-electron chi connectivity index (χ1n) is 7.64. The van der Waals surface area contributed by atoms with Gasteiger partial charge in [-0.05, 0) is 19.4 Å². The molecule has 0 aromatic rings. The highest BCUT2D eigenvalue weighted by molar-refractivity contribution is 4.86. The van der Waals surface area contributed by atoms with E-state index in [9.17, 15) is 13.2 Å². The summed E-state index contributed by atoms with van der Waals surface area (Å²) in [5.41, 5.74) is 0. The van der Waals surface area contributed by atoms with Crippen molar-refractivity contribution in [2.75, 3.05) is 32.8 Å². The van der Waals surface area contributed by atoms with Gasteiger partial charge >= 0.3 is 6.18 Å². The summed E-state index contributed by atoms with van der Waals surface area (Å²) in [6.07, 6.45) is -1.62. The second kappa shape index (κ2) is 7.09. The maximum absolute atomic E-state index is 13.0. The van der Waals surface area contributed by atoms with E-state index in [2.05, 4.69) is 17.1 Å². The highest BCUT2D eigenvalue weighted by Crippen LogP contribution is 2.37. The Labute approximate surface area is 118 Å². The van der Waals surface area contributed by atoms with Crippen molar-refractivity contribution in [2.24, 2.45) is 5.92 Å². The van der Waals surface area contributed by atoms with Crippen molar-refractivity contribution in [3.8, 4) is 0 Å². The Balaban J connectivity index is 1.82. The van der Waals surface area contributed by atoms with Crippen LogP contribution in [0.5, 0.6) is 0 Å². The van der Waals surface area contributed by atoms with Crippen LogP contribution in [0.25, 0.3) is 0 Å². The minimum absolute atomic E-state index is 0.0134. The predicted molar refractivity (Wildman–Crippen MR) is 71.7 cm³/mol. The van der Waals surface area contributed by atoms with Crippen molar-refractivity contribution in [3.63, 3.8) is 0 Å². The topological polar surface area (TPSA) is 24.5 Å². The zero-order valence-corrected chi connectivity index (χ0v) is 12.1. The van der Waals surface area contributed by atoms with E-state index in [1.165, 1.54) is 0 Å². The normalized spacial score (nSPS) is 33.3. The third-order valence-corrected chi connectivity index (χ3v) is 4.46. The number of morpholine rings is 1. The molecule has 1 aliphatic heterocycles. The third-order valence-electron chi connectivity index (χ3n) is 4.46. The van der Waals surface area contributed by atoms with Crippen LogP contribution in [0, 0.1) is 5.92 Å². The lowest BCUT2D eigenvalue weighted by atomic mass is 9.84. The summed E-state index contributed by atoms with van der Waals surface area (Å²) >= 11 is 0. The second-order valence-corrected chi connectivity index (χ2v) is 5.83. The highest BCUT2D eigenvalue weighted by Gasteiger charge is 2.45. The van der Waals surface area contributed by atoms with E-state index in [-0.39, 0.29) is 12.5 Å². The smallest absolute Gasteiger partial charge is 0.374 e. The van der Waals surface area contributed by atoms with Crippen molar-refractivity contribution < 1.29 is 17.9 Å². The van der Waals surface area contributed by atoms with Gasteiger partial charge in [-0.2, -0.15) is 13.2 Å². The SMILES string of the molecule is CCN1CCOC(CNC2CCCCC2C(F)(F)F)C1. The number of hydrogen-bond donors (Lipinski definition) is 1. The molecule has 6 heteroatoms. The van der Waals surface area contributed by atoms with Crippen LogP contribution in [0.2, 0.25) is 0 Å². The van der Waals surface area contributed by atoms with E-state index in [1.807, 2.05) is 0 Å². The first kappa shape index (κ1) is 16.0. The molecule has 2 aliphatic rings. The molecule has 0 aromatic carbocycles. The zero-order chi connectivity index (χ0) is 14.6. The molecule has 0 bridgehead atoms. The molecule has 2 rings (SSSR count). The molecule has 2 fully saturated rings. The van der Waals surface area contributed by atoms with E-state index < -0.39 is 18.1 Å². The molecule has 0 amide bonds. The van der Waals surface area contributed by atoms with Crippen LogP contribution in [-0.4, -0.2) is 56.0 Å². The number of nitrogens with zero attached hydrogens (tertiary/aromatic N) is 1. The molecule has 1 saturated heterocycles. The molecule has 20 heavy (non-hydrogen) atoms. The van der Waals surface area contributed by atoms with Gasteiger partial charge in [0.1, 0.15) is 0 Å². The van der Waals surface area contributed by atoms with Gasteiger partial charge in [0.2, 0.25) is 0 Å². The minimum Gasteiger partial charge on any atom is -0.374 e. The van der Waals surface area contributed by atoms with E-state index in [4.69, 9.17) is 4.74 Å². The molecule has 1 heterocycles. The van der Waals surface area contributed by atoms with Crippen LogP contribution < -0.4 is 5.32 Å². The lowest BCUT2D eigenvalue weighted by Crippen LogP contribution is -2.51. The van der Waals surface area contributed by atoms with Gasteiger partial charge in [-0.1, -0.05) is 19.8 Å². The number of likely N-dealkylation sites (N-methyl/N-ethyl adjacent to an activating group) is 1. The number of alkyl halides is 3. The summed E-state index contributed by atoms with van der Waals surface area (Å²) in [5, 5.41) is 3.12. The first-order valence-corrected chi connectivity index (χ1v) is 7.64. The van der Waals surface area contributed by atoms with Crippen molar-refractivity contribution in [3.05, 3.63) is 0 Å². The Bertz CT molecular complexity index is 299. The Morgan fingerprint density at radius 2 is 2.00 bits per heavy atom. The van der Waals surface area contributed by atoms with Gasteiger partial charge in [-0.25, -0.2) is 0 Å². The fraction of sp³-hybridized carbons (Fsp3) is 1.00. The van der Waals surface area contributed by atoms with Crippen molar-refractivity contribution in [1.82, 2.24) is 10.2 Å². The summed E-state index contributed by atoms with van der Waals surface area (Å²) in [6.45, 7) is 5.99. The van der Waals surface area contributed by atoms with Crippen LogP contribution >= 0.6 is 0 Å². The van der Waals surface area contributed by atoms with Crippen LogP contribution in [0.4, 0.5) is 13.2 Å². The van der Waals surface area contributed by atoms with Gasteiger partial charge in [0.15, 0.2) is 0 Å². The van der Waals surface area contributed by atoms with Gasteiger partial charge in [0, 0.05) is 25.7 Å². The molecular weight excluding hydrogens is 269 g/mol. The summed E-state index contributed by atoms with van der Waals surface area (Å²) in [4.78, 5) is 2.28. The first-order chi connectivity index (χ1) is 9.50. The molecular formula is C14H25F3N2O. The van der Waals surface area contributed by atoms with Crippen LogP contribution in [0.3, 0.4) is 0 Å². The Hall–Kier alpha value is -0.330. The standard InChI is InChI=1S/C14H25F3N2O/c1-2-19-7-8-20-11(10-19)9-18-13-6-4-3-5-12(13)14(15,16)17/h11-13,18H,2-10H2,1H3. The van der Waals surface area contributed by atoms with E-state index in [0.29, 0.717) is 26.0 Å². The summed E-state index contributed by atoms with van der Waals surface area (Å²) < 4.78 is 44.6. The number of halogens is 3. The fourth-order valence-electron chi connectivity index (χ4n) is 3.24. The molecule has 3 unspecified atom stereocenters. The molecule has 1 N–H and O–H groups in total. The van der Waals surface area contributed by atoms with Gasteiger partial charge in [0.25, 0.3) is 0 Å². The molecule has 118 valence electrons. The molecule has 3 atom stereocenters. The average Bonchev–Trinajstić information content (AvgIpc) is 2.44. The minimum atomic E-state index is -4.08. The number of rotatable bonds is 4. The second-order valence-electron chi connectivity index (χ2n) is 5.83. The zero-order valence-electron chi connectivity index (χ0n) is 12.1. The van der Waals surface area contributed by atoms with Gasteiger partial charge in [0.05, 0.1) is 18.6 Å². The monoisotopic (exact) mass is 294 g/mol. The number of nitrogens with one attached hydrogen (secondary N) is 1. The maximum Gasteiger partial charge on any atom is 0.393 e. The largest absolute Gasteiger partial charge is 0.393 e. The third kappa shape index (κ3) is 4.33. The lowest BCUT2D eigenvalue weighted by molar-refractivity contribution is -0.189. The van der Waals surface area contributed by atoms with Gasteiger partial charge in [-0.3, -0.25) is 4.90 Å². The van der Waals surface area contributed by atoms with E-state index in [0.717, 1.165) is 26.1 Å². The molecule has 0 spiro atoms. The van der Waals surface area contributed by atoms with Crippen molar-refractivity contribution >= 4 is 0 Å². The number of ether oxygens (including phenoxy) is 1. The molecule has 1 saturated carbocycles. The van der Waals surface area contributed by atoms with Crippen LogP contribution in [-0.2, 0) is 4.74 Å². The Morgan fingerprint density at radius 3 is 2.70 bits per heavy atom. The predicted octanol–water partition coefficient (Wildman–Crippen LogP) is 2.42. The fourth-order valence-corrected chi connectivity index (χ4v) is 3.24. The van der Waals surface area contributed by atoms with Gasteiger partial charge in [-0.15, -0.1) is 0 Å². The summed E-state index contributed by atoms with van der Waals surface area (Å²) in [5.74, 6) is -1.19.